The van der Waals surface area contributed by atoms with Gasteiger partial charge < -0.3 is 36.3 Å². The Morgan fingerprint density at radius 3 is 1.36 bits per heavy atom. The maximum absolute atomic E-state index is 12.9. The van der Waals surface area contributed by atoms with Crippen LogP contribution in [0.25, 0.3) is 0 Å². The van der Waals surface area contributed by atoms with E-state index in [0.29, 0.717) is 64.5 Å². The summed E-state index contributed by atoms with van der Waals surface area (Å²) in [6.45, 7) is 11.9. The molecular formula is C43H80N4O9. The standard InChI is InChI=1S/C43H80N4O9/c1-42(2,3)55-39(51)29-22-18-16-14-12-10-8-7-9-11-13-15-17-20-28-38(50)47-35(41(54)56-43(4,5)6)30-31-37(49)46-32-24-19-21-27-36(48)45-33-25-23-26-34(44)40(52)53/h34-35H,7-33,44H2,1-6H3,(H,45,48)(H,46,49)(H,47,50)(H,52,53). The summed E-state index contributed by atoms with van der Waals surface area (Å²) in [4.78, 5) is 72.6. The van der Waals surface area contributed by atoms with Gasteiger partial charge in [-0.3, -0.25) is 24.0 Å². The van der Waals surface area contributed by atoms with Gasteiger partial charge in [0.25, 0.3) is 0 Å². The molecule has 0 aromatic rings. The van der Waals surface area contributed by atoms with Gasteiger partial charge in [-0.1, -0.05) is 83.5 Å². The fourth-order valence-corrected chi connectivity index (χ4v) is 6.06. The smallest absolute Gasteiger partial charge is 0.329 e. The molecule has 326 valence electrons. The van der Waals surface area contributed by atoms with Crippen molar-refractivity contribution in [3.8, 4) is 0 Å². The van der Waals surface area contributed by atoms with Crippen molar-refractivity contribution in [1.82, 2.24) is 16.0 Å². The van der Waals surface area contributed by atoms with Gasteiger partial charge in [0, 0.05) is 38.8 Å². The number of nitrogens with one attached hydrogen (secondary N) is 3. The molecule has 0 radical (unpaired) electrons. The van der Waals surface area contributed by atoms with Gasteiger partial charge in [0.05, 0.1) is 0 Å². The zero-order chi connectivity index (χ0) is 42.2. The molecule has 0 aliphatic heterocycles. The largest absolute Gasteiger partial charge is 0.480 e. The van der Waals surface area contributed by atoms with E-state index in [9.17, 15) is 28.8 Å². The first-order chi connectivity index (χ1) is 26.4. The third kappa shape index (κ3) is 35.2. The maximum atomic E-state index is 12.9. The van der Waals surface area contributed by atoms with E-state index in [2.05, 4.69) is 16.0 Å². The average Bonchev–Trinajstić information content (AvgIpc) is 3.09. The molecule has 0 saturated carbocycles. The minimum atomic E-state index is -1.02. The summed E-state index contributed by atoms with van der Waals surface area (Å²) in [7, 11) is 0. The van der Waals surface area contributed by atoms with Crippen LogP contribution in [0.2, 0.25) is 0 Å². The highest BCUT2D eigenvalue weighted by Crippen LogP contribution is 2.16. The lowest BCUT2D eigenvalue weighted by Crippen LogP contribution is -2.44. The molecule has 2 unspecified atom stereocenters. The Kier molecular flexibility index (Phi) is 30.0. The second kappa shape index (κ2) is 31.8. The van der Waals surface area contributed by atoms with E-state index in [4.69, 9.17) is 20.3 Å². The van der Waals surface area contributed by atoms with Gasteiger partial charge in [-0.05, 0) is 92.9 Å². The summed E-state index contributed by atoms with van der Waals surface area (Å²) in [5, 5.41) is 17.3. The fraction of sp³-hybridized carbons (Fsp3) is 0.860. The lowest BCUT2D eigenvalue weighted by molar-refractivity contribution is -0.159. The van der Waals surface area contributed by atoms with Crippen molar-refractivity contribution in [2.24, 2.45) is 5.73 Å². The van der Waals surface area contributed by atoms with Crippen LogP contribution in [0.5, 0.6) is 0 Å². The molecule has 0 rings (SSSR count). The van der Waals surface area contributed by atoms with E-state index < -0.39 is 35.2 Å². The molecule has 0 saturated heterocycles. The molecule has 6 N–H and O–H groups in total. The number of carboxylic acid groups (broad SMARTS) is 1. The van der Waals surface area contributed by atoms with Gasteiger partial charge in [-0.2, -0.15) is 0 Å². The predicted molar refractivity (Wildman–Crippen MR) is 221 cm³/mol. The molecule has 0 aromatic heterocycles. The van der Waals surface area contributed by atoms with E-state index in [0.717, 1.165) is 44.9 Å². The third-order valence-corrected chi connectivity index (χ3v) is 9.13. The van der Waals surface area contributed by atoms with Gasteiger partial charge in [0.15, 0.2) is 0 Å². The lowest BCUT2D eigenvalue weighted by atomic mass is 10.0. The molecule has 3 amide bonds. The molecule has 0 bridgehead atoms. The molecule has 0 fully saturated rings. The molecule has 0 heterocycles. The minimum Gasteiger partial charge on any atom is -0.480 e. The molecule has 56 heavy (non-hydrogen) atoms. The Bertz CT molecular complexity index is 1120. The molecule has 13 nitrogen and oxygen atoms in total. The quantitative estimate of drug-likeness (QED) is 0.0320. The van der Waals surface area contributed by atoms with Crippen molar-refractivity contribution in [3.05, 3.63) is 0 Å². The number of amides is 3. The van der Waals surface area contributed by atoms with Crippen LogP contribution in [0.4, 0.5) is 0 Å². The summed E-state index contributed by atoms with van der Waals surface area (Å²) >= 11 is 0. The van der Waals surface area contributed by atoms with Gasteiger partial charge in [-0.25, -0.2) is 4.79 Å². The summed E-state index contributed by atoms with van der Waals surface area (Å²) in [6.07, 6.45) is 21.0. The third-order valence-electron chi connectivity index (χ3n) is 9.13. The molecule has 2 atom stereocenters. The Balaban J connectivity index is 4.06. The SMILES string of the molecule is CC(C)(C)OC(=O)CCCCCCCCCCCCCCCCC(=O)NC(CCC(=O)NCCCCCC(=O)NCCCCC(N)C(=O)O)C(=O)OC(C)(C)C. The van der Waals surface area contributed by atoms with Crippen LogP contribution in [-0.4, -0.2) is 77.1 Å². The average molecular weight is 797 g/mol. The number of nitrogens with two attached hydrogens (primary N) is 1. The Morgan fingerprint density at radius 1 is 0.500 bits per heavy atom. The van der Waals surface area contributed by atoms with Crippen molar-refractivity contribution >= 4 is 35.6 Å². The highest BCUT2D eigenvalue weighted by atomic mass is 16.6. The van der Waals surface area contributed by atoms with Gasteiger partial charge in [0.1, 0.15) is 23.3 Å². The summed E-state index contributed by atoms with van der Waals surface area (Å²) in [5.41, 5.74) is 4.34. The zero-order valence-corrected chi connectivity index (χ0v) is 36.0. The van der Waals surface area contributed by atoms with E-state index in [1.54, 1.807) is 20.8 Å². The topological polar surface area (TPSA) is 203 Å². The van der Waals surface area contributed by atoms with Crippen molar-refractivity contribution in [1.29, 1.82) is 0 Å². The predicted octanol–water partition coefficient (Wildman–Crippen LogP) is 7.55. The second-order valence-corrected chi connectivity index (χ2v) is 17.2. The number of hydrogen-bond donors (Lipinski definition) is 5. The number of carboxylic acids is 1. The first-order valence-electron chi connectivity index (χ1n) is 21.7. The zero-order valence-electron chi connectivity index (χ0n) is 36.0. The Labute approximate surface area is 338 Å². The number of hydrogen-bond acceptors (Lipinski definition) is 9. The van der Waals surface area contributed by atoms with Crippen molar-refractivity contribution < 1.29 is 43.3 Å². The van der Waals surface area contributed by atoms with Crippen LogP contribution in [0.3, 0.4) is 0 Å². The number of rotatable bonds is 34. The van der Waals surface area contributed by atoms with Gasteiger partial charge >= 0.3 is 17.9 Å². The number of carbonyl (C=O) groups is 6. The van der Waals surface area contributed by atoms with Crippen LogP contribution < -0.4 is 21.7 Å². The van der Waals surface area contributed by atoms with E-state index in [1.807, 2.05) is 20.8 Å². The first-order valence-corrected chi connectivity index (χ1v) is 21.7. The highest BCUT2D eigenvalue weighted by Gasteiger charge is 2.27. The number of carbonyl (C=O) groups excluding carboxylic acids is 5. The summed E-state index contributed by atoms with van der Waals surface area (Å²) < 4.78 is 10.9. The van der Waals surface area contributed by atoms with E-state index in [1.165, 1.54) is 51.4 Å². The van der Waals surface area contributed by atoms with Crippen LogP contribution in [-0.2, 0) is 38.2 Å². The first kappa shape index (κ1) is 52.8. The second-order valence-electron chi connectivity index (χ2n) is 17.2. The van der Waals surface area contributed by atoms with Crippen LogP contribution >= 0.6 is 0 Å². The Morgan fingerprint density at radius 2 is 0.893 bits per heavy atom. The molecule has 13 heteroatoms. The molecular weight excluding hydrogens is 716 g/mol. The molecule has 0 aliphatic rings. The van der Waals surface area contributed by atoms with E-state index >= 15 is 0 Å². The number of aliphatic carboxylic acids is 1. The molecule has 0 aromatic carbocycles. The Hall–Kier alpha value is -3.22. The molecule has 0 spiro atoms. The number of unbranched alkanes of at least 4 members (excludes halogenated alkanes) is 16. The monoisotopic (exact) mass is 797 g/mol. The van der Waals surface area contributed by atoms with Crippen LogP contribution in [0, 0.1) is 0 Å². The maximum Gasteiger partial charge on any atom is 0.329 e. The molecule has 0 aliphatic carbocycles. The van der Waals surface area contributed by atoms with Gasteiger partial charge in [-0.15, -0.1) is 0 Å². The normalized spacial score (nSPS) is 12.7. The highest BCUT2D eigenvalue weighted by molar-refractivity contribution is 5.85. The van der Waals surface area contributed by atoms with Gasteiger partial charge in [0.2, 0.25) is 17.7 Å². The van der Waals surface area contributed by atoms with Crippen LogP contribution in [0.15, 0.2) is 0 Å². The summed E-state index contributed by atoms with van der Waals surface area (Å²) in [5.74, 6) is -2.14. The van der Waals surface area contributed by atoms with E-state index in [-0.39, 0.29) is 36.5 Å². The van der Waals surface area contributed by atoms with Crippen molar-refractivity contribution in [2.75, 3.05) is 13.1 Å². The minimum absolute atomic E-state index is 0.0572. The number of esters is 2. The van der Waals surface area contributed by atoms with Crippen molar-refractivity contribution in [3.63, 3.8) is 0 Å². The van der Waals surface area contributed by atoms with Crippen LogP contribution in [0.1, 0.15) is 202 Å². The lowest BCUT2D eigenvalue weighted by Gasteiger charge is -2.24. The van der Waals surface area contributed by atoms with Crippen molar-refractivity contribution in [2.45, 2.75) is 225 Å². The summed E-state index contributed by atoms with van der Waals surface area (Å²) in [6, 6.07) is -1.77. The fourth-order valence-electron chi connectivity index (χ4n) is 6.06. The number of ether oxygens (including phenoxy) is 2.